The Morgan fingerprint density at radius 2 is 1.83 bits per heavy atom. The summed E-state index contributed by atoms with van der Waals surface area (Å²) in [5, 5.41) is 8.14. The van der Waals surface area contributed by atoms with E-state index in [-0.39, 0.29) is 0 Å². The predicted molar refractivity (Wildman–Crippen MR) is 50.2 cm³/mol. The molecule has 2 aliphatic rings. The molecule has 0 amide bonds. The van der Waals surface area contributed by atoms with Crippen LogP contribution in [0.15, 0.2) is 0 Å². The van der Waals surface area contributed by atoms with Crippen LogP contribution in [0.5, 0.6) is 0 Å². The quantitative estimate of drug-likeness (QED) is 0.623. The number of hydrogen-bond donors (Lipinski definition) is 1. The molecular weight excluding hydrogens is 148 g/mol. The van der Waals surface area contributed by atoms with Gasteiger partial charge in [-0.25, -0.2) is 5.32 Å². The van der Waals surface area contributed by atoms with Gasteiger partial charge in [-0.1, -0.05) is 6.42 Å². The summed E-state index contributed by atoms with van der Waals surface area (Å²) in [5.41, 5.74) is 0. The highest BCUT2D eigenvalue weighted by atomic mass is 14.9. The normalized spacial score (nSPS) is 33.5. The van der Waals surface area contributed by atoms with Gasteiger partial charge in [-0.3, -0.25) is 0 Å². The van der Waals surface area contributed by atoms with E-state index in [0.717, 1.165) is 18.5 Å². The zero-order valence-electron chi connectivity index (χ0n) is 7.76. The average molecular weight is 167 g/mol. The number of rotatable bonds is 1. The van der Waals surface area contributed by atoms with E-state index < -0.39 is 0 Å². The van der Waals surface area contributed by atoms with Crippen molar-refractivity contribution in [2.45, 2.75) is 38.1 Å². The predicted octanol–water partition coefficient (Wildman–Crippen LogP) is 1.14. The van der Waals surface area contributed by atoms with Crippen molar-refractivity contribution in [3.8, 4) is 0 Å². The van der Waals surface area contributed by atoms with Crippen LogP contribution in [0.4, 0.5) is 0 Å². The minimum absolute atomic E-state index is 0.723. The van der Waals surface area contributed by atoms with E-state index in [1.54, 1.807) is 0 Å². The summed E-state index contributed by atoms with van der Waals surface area (Å²) >= 11 is 0. The first-order valence-corrected chi connectivity index (χ1v) is 5.34. The third-order valence-corrected chi connectivity index (χ3v) is 3.20. The maximum atomic E-state index is 4.73. The number of piperidine rings is 2. The lowest BCUT2D eigenvalue weighted by molar-refractivity contribution is 0.239. The van der Waals surface area contributed by atoms with Gasteiger partial charge >= 0.3 is 0 Å². The van der Waals surface area contributed by atoms with E-state index in [4.69, 9.17) is 5.32 Å². The molecule has 1 N–H and O–H groups in total. The molecule has 2 fully saturated rings. The van der Waals surface area contributed by atoms with Gasteiger partial charge in [-0.15, -0.1) is 0 Å². The average Bonchev–Trinajstić information content (AvgIpc) is 2.21. The molecule has 1 unspecified atom stereocenters. The summed E-state index contributed by atoms with van der Waals surface area (Å²) in [7, 11) is 0. The molecule has 0 aromatic rings. The van der Waals surface area contributed by atoms with Crippen LogP contribution in [-0.2, 0) is 0 Å². The van der Waals surface area contributed by atoms with E-state index in [9.17, 15) is 0 Å². The van der Waals surface area contributed by atoms with Gasteiger partial charge < -0.3 is 5.32 Å². The third-order valence-electron chi connectivity index (χ3n) is 3.20. The molecule has 2 saturated heterocycles. The topological polar surface area (TPSA) is 26.1 Å². The van der Waals surface area contributed by atoms with Gasteiger partial charge in [-0.2, -0.15) is 0 Å². The molecule has 0 aromatic heterocycles. The number of nitrogens with one attached hydrogen (secondary N) is 1. The van der Waals surface area contributed by atoms with Crippen molar-refractivity contribution < 1.29 is 0 Å². The fourth-order valence-electron chi connectivity index (χ4n) is 2.43. The Kier molecular flexibility index (Phi) is 3.01. The molecule has 0 bridgehead atoms. The second-order valence-electron chi connectivity index (χ2n) is 4.06. The maximum Gasteiger partial charge on any atom is 0.0275 e. The fourth-order valence-corrected chi connectivity index (χ4v) is 2.43. The maximum absolute atomic E-state index is 4.73. The van der Waals surface area contributed by atoms with Crippen molar-refractivity contribution in [2.75, 3.05) is 19.6 Å². The summed E-state index contributed by atoms with van der Waals surface area (Å²) in [6.07, 6.45) is 6.83. The lowest BCUT2D eigenvalue weighted by Crippen LogP contribution is -2.40. The van der Waals surface area contributed by atoms with Crippen molar-refractivity contribution in [3.05, 3.63) is 0 Å². The second kappa shape index (κ2) is 4.24. The summed E-state index contributed by atoms with van der Waals surface area (Å²) in [6.45, 7) is 3.57. The van der Waals surface area contributed by atoms with Crippen LogP contribution < -0.4 is 10.6 Å². The van der Waals surface area contributed by atoms with Gasteiger partial charge in [0.25, 0.3) is 0 Å². The number of nitrogens with zero attached hydrogens (tertiary/aromatic N) is 1. The Balaban J connectivity index is 1.80. The van der Waals surface area contributed by atoms with Crippen LogP contribution in [0.1, 0.15) is 32.1 Å². The number of hydrogen-bond acceptors (Lipinski definition) is 1. The van der Waals surface area contributed by atoms with Gasteiger partial charge in [0.2, 0.25) is 0 Å². The zero-order chi connectivity index (χ0) is 8.23. The summed E-state index contributed by atoms with van der Waals surface area (Å²) < 4.78 is 0. The molecule has 12 heavy (non-hydrogen) atoms. The molecule has 0 aliphatic carbocycles. The molecule has 2 heteroatoms. The van der Waals surface area contributed by atoms with Crippen molar-refractivity contribution in [2.24, 2.45) is 5.92 Å². The molecule has 0 aromatic carbocycles. The standard InChI is InChI=1S/C10H19N2/c1-2-6-12-10(3-1)9-4-7-11-8-5-9/h9-11H,1-8H2. The van der Waals surface area contributed by atoms with Crippen LogP contribution in [0.25, 0.3) is 0 Å². The molecule has 0 spiro atoms. The van der Waals surface area contributed by atoms with Crippen molar-refractivity contribution in [1.82, 2.24) is 10.6 Å². The Bertz CT molecular complexity index is 108. The van der Waals surface area contributed by atoms with Crippen LogP contribution in [-0.4, -0.2) is 25.7 Å². The SMILES string of the molecule is C1CCC(C2CCNCC2)[N]C1. The van der Waals surface area contributed by atoms with Crippen molar-refractivity contribution in [1.29, 1.82) is 0 Å². The zero-order valence-corrected chi connectivity index (χ0v) is 7.76. The van der Waals surface area contributed by atoms with E-state index in [0.29, 0.717) is 0 Å². The fraction of sp³-hybridized carbons (Fsp3) is 1.00. The van der Waals surface area contributed by atoms with Crippen LogP contribution >= 0.6 is 0 Å². The van der Waals surface area contributed by atoms with Crippen molar-refractivity contribution in [3.63, 3.8) is 0 Å². The Labute approximate surface area is 75.1 Å². The molecule has 2 rings (SSSR count). The molecule has 0 saturated carbocycles. The molecular formula is C10H19N2. The van der Waals surface area contributed by atoms with E-state index in [2.05, 4.69) is 5.32 Å². The van der Waals surface area contributed by atoms with Crippen LogP contribution in [0.3, 0.4) is 0 Å². The molecule has 2 heterocycles. The molecule has 2 aliphatic heterocycles. The lowest BCUT2D eigenvalue weighted by Gasteiger charge is -2.32. The summed E-state index contributed by atoms with van der Waals surface area (Å²) in [6, 6.07) is 0.723. The van der Waals surface area contributed by atoms with Gasteiger partial charge in [0.05, 0.1) is 0 Å². The molecule has 2 nitrogen and oxygen atoms in total. The van der Waals surface area contributed by atoms with Gasteiger partial charge in [-0.05, 0) is 44.7 Å². The Hall–Kier alpha value is -0.0800. The van der Waals surface area contributed by atoms with Gasteiger partial charge in [0.1, 0.15) is 0 Å². The third kappa shape index (κ3) is 1.99. The summed E-state index contributed by atoms with van der Waals surface area (Å²) in [4.78, 5) is 0. The second-order valence-corrected chi connectivity index (χ2v) is 4.06. The molecule has 69 valence electrons. The largest absolute Gasteiger partial charge is 0.317 e. The van der Waals surface area contributed by atoms with Crippen LogP contribution in [0.2, 0.25) is 0 Å². The summed E-state index contributed by atoms with van der Waals surface area (Å²) in [5.74, 6) is 0.909. The highest BCUT2D eigenvalue weighted by molar-refractivity contribution is 4.82. The first-order chi connectivity index (χ1) is 5.97. The molecule has 1 atom stereocenters. The van der Waals surface area contributed by atoms with E-state index in [1.165, 1.54) is 45.2 Å². The van der Waals surface area contributed by atoms with E-state index in [1.807, 2.05) is 0 Å². The molecule has 1 radical (unpaired) electrons. The Morgan fingerprint density at radius 3 is 2.50 bits per heavy atom. The minimum Gasteiger partial charge on any atom is -0.317 e. The highest BCUT2D eigenvalue weighted by Crippen LogP contribution is 2.23. The van der Waals surface area contributed by atoms with Crippen molar-refractivity contribution >= 4 is 0 Å². The first kappa shape index (κ1) is 8.52. The highest BCUT2D eigenvalue weighted by Gasteiger charge is 2.25. The monoisotopic (exact) mass is 167 g/mol. The first-order valence-electron chi connectivity index (χ1n) is 5.34. The van der Waals surface area contributed by atoms with Gasteiger partial charge in [0.15, 0.2) is 0 Å². The van der Waals surface area contributed by atoms with Gasteiger partial charge in [0, 0.05) is 12.6 Å². The Morgan fingerprint density at radius 1 is 1.00 bits per heavy atom. The minimum atomic E-state index is 0.723. The lowest BCUT2D eigenvalue weighted by atomic mass is 9.86. The van der Waals surface area contributed by atoms with Crippen LogP contribution in [0, 0.1) is 5.92 Å². The van der Waals surface area contributed by atoms with E-state index >= 15 is 0 Å². The smallest absolute Gasteiger partial charge is 0.0275 e.